The number of hydrogen-bond donors (Lipinski definition) is 0. The van der Waals surface area contributed by atoms with Crippen molar-refractivity contribution in [1.82, 2.24) is 0 Å². The minimum atomic E-state index is -0.726. The molecule has 6 nitrogen and oxygen atoms in total. The summed E-state index contributed by atoms with van der Waals surface area (Å²) < 4.78 is 4.77. The van der Waals surface area contributed by atoms with E-state index >= 15 is 0 Å². The van der Waals surface area contributed by atoms with Crippen LogP contribution in [0.2, 0.25) is 0 Å². The summed E-state index contributed by atoms with van der Waals surface area (Å²) in [5.41, 5.74) is -0.214. The molecule has 0 heterocycles. The van der Waals surface area contributed by atoms with Crippen molar-refractivity contribution in [3.8, 4) is 0 Å². The Hall–Kier alpha value is -2.24. The Balaban J connectivity index is 3.45. The highest BCUT2D eigenvalue weighted by Crippen LogP contribution is 2.24. The van der Waals surface area contributed by atoms with Crippen molar-refractivity contribution >= 4 is 17.9 Å². The largest absolute Gasteiger partial charge is 0.462 e. The number of carbonyl (C=O) groups excluding carboxylic acids is 2. The van der Waals surface area contributed by atoms with Gasteiger partial charge in [-0.1, -0.05) is 6.07 Å². The minimum Gasteiger partial charge on any atom is -0.462 e. The van der Waals surface area contributed by atoms with E-state index in [9.17, 15) is 19.7 Å². The van der Waals surface area contributed by atoms with Gasteiger partial charge in [0.2, 0.25) is 0 Å². The molecule has 0 radical (unpaired) electrons. The van der Waals surface area contributed by atoms with E-state index in [2.05, 4.69) is 0 Å². The molecular weight excluding hydrogens is 226 g/mol. The van der Waals surface area contributed by atoms with E-state index in [1.165, 1.54) is 12.1 Å². The Labute approximate surface area is 97.3 Å². The van der Waals surface area contributed by atoms with E-state index in [0.29, 0.717) is 11.8 Å². The van der Waals surface area contributed by atoms with Gasteiger partial charge in [0.15, 0.2) is 6.29 Å². The predicted octanol–water partition coefficient (Wildman–Crippen LogP) is 1.89. The number of aryl methyl sites for hydroxylation is 1. The highest BCUT2D eigenvalue weighted by atomic mass is 16.6. The van der Waals surface area contributed by atoms with Gasteiger partial charge in [0.05, 0.1) is 17.1 Å². The molecule has 90 valence electrons. The summed E-state index contributed by atoms with van der Waals surface area (Å²) in [6.45, 7) is 3.34. The summed E-state index contributed by atoms with van der Waals surface area (Å²) in [5, 5.41) is 10.7. The molecular formula is C11H11NO5. The van der Waals surface area contributed by atoms with Crippen LogP contribution in [0.15, 0.2) is 12.1 Å². The van der Waals surface area contributed by atoms with Crippen LogP contribution in [0.3, 0.4) is 0 Å². The van der Waals surface area contributed by atoms with E-state index in [1.807, 2.05) is 0 Å². The SMILES string of the molecule is CCOC(=O)c1c(C)ccc([N+](=O)[O-])c1C=O. The first-order valence-electron chi connectivity index (χ1n) is 4.93. The van der Waals surface area contributed by atoms with Crippen LogP contribution in [0.1, 0.15) is 33.2 Å². The van der Waals surface area contributed by atoms with Crippen molar-refractivity contribution < 1.29 is 19.2 Å². The van der Waals surface area contributed by atoms with Crippen molar-refractivity contribution in [1.29, 1.82) is 0 Å². The molecule has 0 N–H and O–H groups in total. The Kier molecular flexibility index (Phi) is 3.92. The number of nitrogens with zero attached hydrogens (tertiary/aromatic N) is 1. The van der Waals surface area contributed by atoms with Gasteiger partial charge >= 0.3 is 5.97 Å². The molecule has 0 spiro atoms. The van der Waals surface area contributed by atoms with Gasteiger partial charge in [-0.25, -0.2) is 4.79 Å². The normalized spacial score (nSPS) is 9.76. The topological polar surface area (TPSA) is 86.5 Å². The standard InChI is InChI=1S/C11H11NO5/c1-3-17-11(14)10-7(2)4-5-9(12(15)16)8(10)6-13/h4-6H,3H2,1-2H3. The summed E-state index contributed by atoms with van der Waals surface area (Å²) in [6.07, 6.45) is 0.303. The smallest absolute Gasteiger partial charge is 0.339 e. The van der Waals surface area contributed by atoms with Crippen molar-refractivity contribution in [2.24, 2.45) is 0 Å². The number of rotatable bonds is 4. The highest BCUT2D eigenvalue weighted by Gasteiger charge is 2.24. The maximum absolute atomic E-state index is 11.6. The number of aldehydes is 1. The number of ether oxygens (including phenoxy) is 1. The Morgan fingerprint density at radius 2 is 2.18 bits per heavy atom. The number of esters is 1. The Morgan fingerprint density at radius 3 is 2.65 bits per heavy atom. The van der Waals surface area contributed by atoms with Crippen LogP contribution in [0, 0.1) is 17.0 Å². The van der Waals surface area contributed by atoms with Gasteiger partial charge in [0, 0.05) is 6.07 Å². The second-order valence-electron chi connectivity index (χ2n) is 3.29. The molecule has 0 aromatic heterocycles. The van der Waals surface area contributed by atoms with E-state index in [4.69, 9.17) is 4.74 Å². The van der Waals surface area contributed by atoms with E-state index in [1.54, 1.807) is 13.8 Å². The molecule has 0 aliphatic carbocycles. The molecule has 0 aliphatic rings. The first kappa shape index (κ1) is 12.8. The van der Waals surface area contributed by atoms with Crippen molar-refractivity contribution in [3.05, 3.63) is 38.9 Å². The molecule has 0 bridgehead atoms. The summed E-state index contributed by atoms with van der Waals surface area (Å²) in [6, 6.07) is 2.61. The zero-order valence-corrected chi connectivity index (χ0v) is 9.43. The average Bonchev–Trinajstić information content (AvgIpc) is 2.28. The van der Waals surface area contributed by atoms with E-state index in [0.717, 1.165) is 0 Å². The van der Waals surface area contributed by atoms with Crippen LogP contribution in [0.25, 0.3) is 0 Å². The number of nitro benzene ring substituents is 1. The third-order valence-electron chi connectivity index (χ3n) is 2.22. The van der Waals surface area contributed by atoms with Gasteiger partial charge in [-0.15, -0.1) is 0 Å². The molecule has 0 amide bonds. The molecule has 0 saturated heterocycles. The maximum Gasteiger partial charge on any atom is 0.339 e. The molecule has 0 unspecified atom stereocenters. The van der Waals surface area contributed by atoms with Gasteiger partial charge in [0.1, 0.15) is 5.56 Å². The lowest BCUT2D eigenvalue weighted by molar-refractivity contribution is -0.385. The fourth-order valence-electron chi connectivity index (χ4n) is 1.47. The fraction of sp³-hybridized carbons (Fsp3) is 0.273. The third kappa shape index (κ3) is 2.47. The van der Waals surface area contributed by atoms with E-state index < -0.39 is 16.6 Å². The Morgan fingerprint density at radius 1 is 1.53 bits per heavy atom. The van der Waals surface area contributed by atoms with Crippen molar-refractivity contribution in [2.45, 2.75) is 13.8 Å². The van der Waals surface area contributed by atoms with Gasteiger partial charge in [-0.3, -0.25) is 14.9 Å². The van der Waals surface area contributed by atoms with Crippen LogP contribution < -0.4 is 0 Å². The fourth-order valence-corrected chi connectivity index (χ4v) is 1.47. The molecule has 1 aromatic carbocycles. The molecule has 0 saturated carbocycles. The summed E-state index contributed by atoms with van der Waals surface area (Å²) in [4.78, 5) is 32.5. The number of hydrogen-bond acceptors (Lipinski definition) is 5. The average molecular weight is 237 g/mol. The molecule has 17 heavy (non-hydrogen) atoms. The second-order valence-corrected chi connectivity index (χ2v) is 3.29. The minimum absolute atomic E-state index is 0.0453. The van der Waals surface area contributed by atoms with Crippen molar-refractivity contribution in [3.63, 3.8) is 0 Å². The Bertz CT molecular complexity index is 481. The number of nitro groups is 1. The van der Waals surface area contributed by atoms with Crippen LogP contribution in [0.5, 0.6) is 0 Å². The molecule has 0 aliphatic heterocycles. The first-order chi connectivity index (χ1) is 8.02. The second kappa shape index (κ2) is 5.20. The quantitative estimate of drug-likeness (QED) is 0.345. The van der Waals surface area contributed by atoms with Gasteiger partial charge in [0.25, 0.3) is 5.69 Å². The van der Waals surface area contributed by atoms with Crippen LogP contribution in [-0.2, 0) is 4.74 Å². The number of benzene rings is 1. The first-order valence-corrected chi connectivity index (χ1v) is 4.93. The van der Waals surface area contributed by atoms with E-state index in [-0.39, 0.29) is 17.7 Å². The van der Waals surface area contributed by atoms with Crippen molar-refractivity contribution in [2.75, 3.05) is 6.61 Å². The zero-order chi connectivity index (χ0) is 13.0. The summed E-state index contributed by atoms with van der Waals surface area (Å²) >= 11 is 0. The van der Waals surface area contributed by atoms with Crippen LogP contribution in [0.4, 0.5) is 5.69 Å². The molecule has 0 atom stereocenters. The summed E-state index contributed by atoms with van der Waals surface area (Å²) in [5.74, 6) is -0.726. The lowest BCUT2D eigenvalue weighted by atomic mass is 10.0. The molecule has 1 aromatic rings. The lowest BCUT2D eigenvalue weighted by Crippen LogP contribution is -2.11. The van der Waals surface area contributed by atoms with Gasteiger partial charge < -0.3 is 4.74 Å². The number of carbonyl (C=O) groups is 2. The zero-order valence-electron chi connectivity index (χ0n) is 9.43. The van der Waals surface area contributed by atoms with Gasteiger partial charge in [-0.05, 0) is 19.4 Å². The molecule has 6 heteroatoms. The van der Waals surface area contributed by atoms with Gasteiger partial charge in [-0.2, -0.15) is 0 Å². The monoisotopic (exact) mass is 237 g/mol. The maximum atomic E-state index is 11.6. The molecule has 1 rings (SSSR count). The summed E-state index contributed by atoms with van der Waals surface area (Å²) in [7, 11) is 0. The van der Waals surface area contributed by atoms with Crippen LogP contribution >= 0.6 is 0 Å². The molecule has 0 fully saturated rings. The predicted molar refractivity (Wildman–Crippen MR) is 59.2 cm³/mol. The third-order valence-corrected chi connectivity index (χ3v) is 2.22. The highest BCUT2D eigenvalue weighted by molar-refractivity contribution is 6.02. The van der Waals surface area contributed by atoms with Crippen LogP contribution in [-0.4, -0.2) is 23.8 Å². The lowest BCUT2D eigenvalue weighted by Gasteiger charge is -2.08.